The van der Waals surface area contributed by atoms with Crippen molar-refractivity contribution in [3.8, 4) is 0 Å². The summed E-state index contributed by atoms with van der Waals surface area (Å²) in [6, 6.07) is 0.640. The van der Waals surface area contributed by atoms with E-state index in [1.165, 1.54) is 6.07 Å². The van der Waals surface area contributed by atoms with Gasteiger partial charge in [-0.15, -0.1) is 0 Å². The fraction of sp³-hybridized carbons (Fsp3) is 0.500. The minimum atomic E-state index is -0.951. The molecule has 19 heavy (non-hydrogen) atoms. The van der Waals surface area contributed by atoms with E-state index in [4.69, 9.17) is 5.11 Å². The zero-order valence-electron chi connectivity index (χ0n) is 10.9. The van der Waals surface area contributed by atoms with Gasteiger partial charge in [-0.3, -0.25) is 10.1 Å². The highest BCUT2D eigenvalue weighted by Crippen LogP contribution is 2.19. The number of carbonyl (C=O) groups is 1. The molecule has 1 unspecified atom stereocenters. The Morgan fingerprint density at radius 1 is 1.63 bits per heavy atom. The number of aliphatic carboxylic acids is 1. The summed E-state index contributed by atoms with van der Waals surface area (Å²) in [6.07, 6.45) is 3.30. The third kappa shape index (κ3) is 4.20. The van der Waals surface area contributed by atoms with Crippen LogP contribution in [0.3, 0.4) is 0 Å². The fourth-order valence-corrected chi connectivity index (χ4v) is 1.64. The minimum absolute atomic E-state index is 0.108. The third-order valence-electron chi connectivity index (χ3n) is 2.73. The van der Waals surface area contributed by atoms with Crippen molar-refractivity contribution in [2.75, 3.05) is 5.32 Å². The number of nitrogens with zero attached hydrogens (tertiary/aromatic N) is 2. The average Bonchev–Trinajstić information content (AvgIpc) is 2.35. The summed E-state index contributed by atoms with van der Waals surface area (Å²) >= 11 is 0. The van der Waals surface area contributed by atoms with Gasteiger partial charge in [0.05, 0.1) is 4.92 Å². The van der Waals surface area contributed by atoms with Gasteiger partial charge < -0.3 is 10.4 Å². The van der Waals surface area contributed by atoms with Crippen molar-refractivity contribution >= 4 is 17.5 Å². The maximum atomic E-state index is 11.1. The Morgan fingerprint density at radius 2 is 2.32 bits per heavy atom. The number of nitrogens with one attached hydrogen (secondary N) is 1. The van der Waals surface area contributed by atoms with Crippen molar-refractivity contribution < 1.29 is 14.8 Å². The van der Waals surface area contributed by atoms with Crippen molar-refractivity contribution in [3.63, 3.8) is 0 Å². The molecule has 0 spiro atoms. The van der Waals surface area contributed by atoms with E-state index in [2.05, 4.69) is 10.3 Å². The van der Waals surface area contributed by atoms with Crippen LogP contribution in [-0.4, -0.2) is 27.0 Å². The molecule has 1 heterocycles. The first-order valence-corrected chi connectivity index (χ1v) is 6.06. The number of aromatic nitrogens is 1. The number of carboxylic acid groups (broad SMARTS) is 1. The standard InChI is InChI=1S/C12H17N3O4/c1-3-4-5-10(12(16)17)14-11-8(2)6-9(7-13-11)15(18)19/h6-7,10H,3-5H2,1-2H3,(H,13,14)(H,16,17). The molecule has 7 heteroatoms. The van der Waals surface area contributed by atoms with E-state index in [1.54, 1.807) is 6.92 Å². The number of pyridine rings is 1. The Balaban J connectivity index is 2.84. The van der Waals surface area contributed by atoms with Crippen molar-refractivity contribution in [1.82, 2.24) is 4.98 Å². The van der Waals surface area contributed by atoms with Crippen LogP contribution in [-0.2, 0) is 4.79 Å². The van der Waals surface area contributed by atoms with E-state index in [0.717, 1.165) is 19.0 Å². The van der Waals surface area contributed by atoms with E-state index in [9.17, 15) is 14.9 Å². The van der Waals surface area contributed by atoms with Crippen LogP contribution >= 0.6 is 0 Å². The van der Waals surface area contributed by atoms with Gasteiger partial charge in [-0.25, -0.2) is 9.78 Å². The molecule has 0 amide bonds. The van der Waals surface area contributed by atoms with Crippen molar-refractivity contribution in [1.29, 1.82) is 0 Å². The first-order valence-electron chi connectivity index (χ1n) is 6.06. The number of rotatable bonds is 7. The van der Waals surface area contributed by atoms with Gasteiger partial charge in [0.1, 0.15) is 18.1 Å². The summed E-state index contributed by atoms with van der Waals surface area (Å²) in [4.78, 5) is 25.1. The van der Waals surface area contributed by atoms with Crippen LogP contribution in [0.4, 0.5) is 11.5 Å². The first-order chi connectivity index (χ1) is 8.95. The van der Waals surface area contributed by atoms with Crippen molar-refractivity contribution in [2.45, 2.75) is 39.2 Å². The number of unbranched alkanes of at least 4 members (excludes halogenated alkanes) is 1. The lowest BCUT2D eigenvalue weighted by Gasteiger charge is -2.15. The number of carboxylic acids is 1. The second-order valence-corrected chi connectivity index (χ2v) is 4.29. The van der Waals surface area contributed by atoms with Crippen LogP contribution in [0.25, 0.3) is 0 Å². The molecular formula is C12H17N3O4. The molecule has 7 nitrogen and oxygen atoms in total. The van der Waals surface area contributed by atoms with Crippen LogP contribution in [0, 0.1) is 17.0 Å². The lowest BCUT2D eigenvalue weighted by molar-refractivity contribution is -0.385. The van der Waals surface area contributed by atoms with E-state index in [0.29, 0.717) is 17.8 Å². The Bertz CT molecular complexity index is 476. The van der Waals surface area contributed by atoms with E-state index in [1.807, 2.05) is 6.92 Å². The molecule has 2 N–H and O–H groups in total. The molecule has 1 rings (SSSR count). The first kappa shape index (κ1) is 14.9. The SMILES string of the molecule is CCCCC(Nc1ncc([N+](=O)[O-])cc1C)C(=O)O. The van der Waals surface area contributed by atoms with Gasteiger partial charge in [0.2, 0.25) is 0 Å². The molecule has 0 aromatic carbocycles. The molecule has 104 valence electrons. The smallest absolute Gasteiger partial charge is 0.326 e. The van der Waals surface area contributed by atoms with Gasteiger partial charge in [0, 0.05) is 6.07 Å². The maximum absolute atomic E-state index is 11.1. The number of hydrogen-bond donors (Lipinski definition) is 2. The third-order valence-corrected chi connectivity index (χ3v) is 2.73. The normalized spacial score (nSPS) is 11.9. The van der Waals surface area contributed by atoms with Crippen LogP contribution in [0.5, 0.6) is 0 Å². The summed E-state index contributed by atoms with van der Waals surface area (Å²) in [5.41, 5.74) is 0.445. The molecule has 0 aliphatic heterocycles. The molecule has 0 aliphatic rings. The fourth-order valence-electron chi connectivity index (χ4n) is 1.64. The Kier molecular flexibility index (Phi) is 5.23. The highest BCUT2D eigenvalue weighted by atomic mass is 16.6. The molecule has 0 radical (unpaired) electrons. The Hall–Kier alpha value is -2.18. The molecular weight excluding hydrogens is 250 g/mol. The molecule has 1 aromatic heterocycles. The van der Waals surface area contributed by atoms with Crippen molar-refractivity contribution in [3.05, 3.63) is 27.9 Å². The van der Waals surface area contributed by atoms with Crippen LogP contribution in [0.15, 0.2) is 12.3 Å². The van der Waals surface area contributed by atoms with Gasteiger partial charge in [0.15, 0.2) is 0 Å². The van der Waals surface area contributed by atoms with E-state index in [-0.39, 0.29) is 5.69 Å². The van der Waals surface area contributed by atoms with Crippen LogP contribution < -0.4 is 5.32 Å². The zero-order valence-corrected chi connectivity index (χ0v) is 10.9. The number of nitro groups is 1. The van der Waals surface area contributed by atoms with Crippen molar-refractivity contribution in [2.24, 2.45) is 0 Å². The van der Waals surface area contributed by atoms with E-state index >= 15 is 0 Å². The van der Waals surface area contributed by atoms with Crippen LogP contribution in [0.1, 0.15) is 31.7 Å². The summed E-state index contributed by atoms with van der Waals surface area (Å²) in [5.74, 6) is -0.581. The van der Waals surface area contributed by atoms with Gasteiger partial charge in [0.25, 0.3) is 5.69 Å². The van der Waals surface area contributed by atoms with E-state index < -0.39 is 16.9 Å². The van der Waals surface area contributed by atoms with Gasteiger partial charge in [-0.1, -0.05) is 19.8 Å². The summed E-state index contributed by atoms with van der Waals surface area (Å²) in [5, 5.41) is 22.5. The molecule has 0 saturated carbocycles. The average molecular weight is 267 g/mol. The Labute approximate surface area is 110 Å². The lowest BCUT2D eigenvalue weighted by Crippen LogP contribution is -2.29. The Morgan fingerprint density at radius 3 is 2.79 bits per heavy atom. The highest BCUT2D eigenvalue weighted by Gasteiger charge is 2.18. The predicted molar refractivity (Wildman–Crippen MR) is 70.2 cm³/mol. The van der Waals surface area contributed by atoms with Gasteiger partial charge >= 0.3 is 5.97 Å². The monoisotopic (exact) mass is 267 g/mol. The quantitative estimate of drug-likeness (QED) is 0.580. The molecule has 1 atom stereocenters. The molecule has 0 aliphatic carbocycles. The molecule has 1 aromatic rings. The topological polar surface area (TPSA) is 105 Å². The summed E-state index contributed by atoms with van der Waals surface area (Å²) in [7, 11) is 0. The lowest BCUT2D eigenvalue weighted by atomic mass is 10.1. The second-order valence-electron chi connectivity index (χ2n) is 4.29. The highest BCUT2D eigenvalue weighted by molar-refractivity contribution is 5.77. The summed E-state index contributed by atoms with van der Waals surface area (Å²) < 4.78 is 0. The summed E-state index contributed by atoms with van der Waals surface area (Å²) in [6.45, 7) is 3.63. The molecule has 0 saturated heterocycles. The van der Waals surface area contributed by atoms with Gasteiger partial charge in [-0.05, 0) is 18.9 Å². The predicted octanol–water partition coefficient (Wildman–Crippen LogP) is 2.35. The zero-order chi connectivity index (χ0) is 14.4. The maximum Gasteiger partial charge on any atom is 0.326 e. The van der Waals surface area contributed by atoms with Gasteiger partial charge in [-0.2, -0.15) is 0 Å². The number of aryl methyl sites for hydroxylation is 1. The number of hydrogen-bond acceptors (Lipinski definition) is 5. The second kappa shape index (κ2) is 6.67. The molecule has 0 fully saturated rings. The number of anilines is 1. The minimum Gasteiger partial charge on any atom is -0.480 e. The molecule has 0 bridgehead atoms. The van der Waals surface area contributed by atoms with Crippen LogP contribution in [0.2, 0.25) is 0 Å². The largest absolute Gasteiger partial charge is 0.480 e.